The van der Waals surface area contributed by atoms with Crippen molar-refractivity contribution in [2.45, 2.75) is 56.1 Å². The minimum absolute atomic E-state index is 0.0142. The summed E-state index contributed by atoms with van der Waals surface area (Å²) in [5, 5.41) is 3.82. The topological polar surface area (TPSA) is 98.7 Å². The number of anilines is 1. The van der Waals surface area contributed by atoms with Crippen LogP contribution in [0.2, 0.25) is 0 Å². The molecular weight excluding hydrogens is 511 g/mol. The molecule has 2 heterocycles. The van der Waals surface area contributed by atoms with Crippen LogP contribution in [0.15, 0.2) is 28.5 Å². The molecule has 4 rings (SSSR count). The average molecular weight is 536 g/mol. The van der Waals surface area contributed by atoms with E-state index in [1.165, 1.54) is 38.8 Å². The highest BCUT2D eigenvalue weighted by Gasteiger charge is 2.19. The third kappa shape index (κ3) is 4.41. The summed E-state index contributed by atoms with van der Waals surface area (Å²) in [7, 11) is 0. The van der Waals surface area contributed by atoms with Crippen LogP contribution in [-0.4, -0.2) is 32.0 Å². The first kappa shape index (κ1) is 21.4. The molecule has 158 valence electrons. The van der Waals surface area contributed by atoms with E-state index < -0.39 is 0 Å². The van der Waals surface area contributed by atoms with Gasteiger partial charge < -0.3 is 15.6 Å². The van der Waals surface area contributed by atoms with E-state index >= 15 is 0 Å². The molecule has 3 aromatic rings. The average Bonchev–Trinajstić information content (AvgIpc) is 3.30. The summed E-state index contributed by atoms with van der Waals surface area (Å²) in [5.74, 6) is 0.441. The van der Waals surface area contributed by atoms with Gasteiger partial charge in [-0.1, -0.05) is 25.6 Å². The molecule has 9 heteroatoms. The zero-order chi connectivity index (χ0) is 21.3. The van der Waals surface area contributed by atoms with Gasteiger partial charge in [0.1, 0.15) is 6.33 Å². The lowest BCUT2D eigenvalue weighted by Gasteiger charge is -2.12. The van der Waals surface area contributed by atoms with Gasteiger partial charge in [0.25, 0.3) is 0 Å². The zero-order valence-corrected chi connectivity index (χ0v) is 20.1. The Morgan fingerprint density at radius 1 is 1.30 bits per heavy atom. The van der Waals surface area contributed by atoms with Crippen LogP contribution in [0.4, 0.5) is 5.82 Å². The lowest BCUT2D eigenvalue weighted by molar-refractivity contribution is -0.123. The van der Waals surface area contributed by atoms with Crippen LogP contribution in [0.25, 0.3) is 11.2 Å². The molecule has 0 saturated heterocycles. The van der Waals surface area contributed by atoms with Crippen molar-refractivity contribution in [1.29, 1.82) is 0 Å². The van der Waals surface area contributed by atoms with Gasteiger partial charge in [0.05, 0.1) is 0 Å². The molecule has 0 fully saturated rings. The number of nitrogens with one attached hydrogen (secondary N) is 1. The van der Waals surface area contributed by atoms with Crippen LogP contribution >= 0.6 is 34.4 Å². The van der Waals surface area contributed by atoms with E-state index in [1.807, 2.05) is 13.8 Å². The van der Waals surface area contributed by atoms with Crippen LogP contribution in [0, 0.1) is 9.49 Å². The molecule has 1 amide bonds. The van der Waals surface area contributed by atoms with Crippen molar-refractivity contribution in [2.24, 2.45) is 5.92 Å². The van der Waals surface area contributed by atoms with E-state index in [1.54, 1.807) is 11.8 Å². The number of aromatic nitrogens is 4. The summed E-state index contributed by atoms with van der Waals surface area (Å²) < 4.78 is 3.32. The number of amides is 1. The first-order valence-electron chi connectivity index (χ1n) is 10.2. The van der Waals surface area contributed by atoms with Crippen molar-refractivity contribution in [2.75, 3.05) is 12.3 Å². The number of halogens is 1. The fourth-order valence-corrected chi connectivity index (χ4v) is 5.46. The number of nitrogens with zero attached hydrogens (tertiary/aromatic N) is 4. The Hall–Kier alpha value is -1.88. The van der Waals surface area contributed by atoms with E-state index in [0.717, 1.165) is 23.6 Å². The van der Waals surface area contributed by atoms with E-state index in [0.29, 0.717) is 24.4 Å². The summed E-state index contributed by atoms with van der Waals surface area (Å²) in [6, 6.07) is 4.60. The minimum Gasteiger partial charge on any atom is -0.382 e. The van der Waals surface area contributed by atoms with Crippen molar-refractivity contribution < 1.29 is 4.79 Å². The number of imidazole rings is 1. The molecule has 1 aromatic carbocycles. The number of aryl methyl sites for hydroxylation is 3. The molecule has 0 atom stereocenters. The van der Waals surface area contributed by atoms with Gasteiger partial charge in [0.15, 0.2) is 22.1 Å². The molecule has 0 radical (unpaired) electrons. The Morgan fingerprint density at radius 3 is 2.83 bits per heavy atom. The summed E-state index contributed by atoms with van der Waals surface area (Å²) in [4.78, 5) is 26.3. The van der Waals surface area contributed by atoms with Gasteiger partial charge in [-0.05, 0) is 71.5 Å². The number of carbonyl (C=O) groups excluding carboxylic acids is 1. The van der Waals surface area contributed by atoms with E-state index in [-0.39, 0.29) is 11.8 Å². The number of nitrogens with two attached hydrogens (primary N) is 1. The number of benzene rings is 1. The lowest BCUT2D eigenvalue weighted by Crippen LogP contribution is -2.29. The molecule has 0 saturated carbocycles. The standard InChI is InChI=1S/C21H25IN6OS/c1-12(2)20(29)24-7-4-8-28-19-17(18(23)25-11-26-19)27-21(28)30-16-10-14-6-3-5-13(14)9-15(16)22/h9-12H,3-8H2,1-2H3,(H,24,29)(H2,23,25,26). The Balaban J connectivity index is 1.60. The Labute approximate surface area is 193 Å². The predicted molar refractivity (Wildman–Crippen MR) is 128 cm³/mol. The molecule has 0 aliphatic heterocycles. The van der Waals surface area contributed by atoms with Crippen molar-refractivity contribution in [3.63, 3.8) is 0 Å². The third-order valence-electron chi connectivity index (χ3n) is 5.25. The number of fused-ring (bicyclic) bond motifs is 2. The Morgan fingerprint density at radius 2 is 2.07 bits per heavy atom. The highest BCUT2D eigenvalue weighted by molar-refractivity contribution is 14.1. The molecule has 30 heavy (non-hydrogen) atoms. The van der Waals surface area contributed by atoms with E-state index in [9.17, 15) is 4.79 Å². The first-order chi connectivity index (χ1) is 14.4. The van der Waals surface area contributed by atoms with Gasteiger partial charge >= 0.3 is 0 Å². The Kier molecular flexibility index (Phi) is 6.47. The predicted octanol–water partition coefficient (Wildman–Crippen LogP) is 3.82. The zero-order valence-electron chi connectivity index (χ0n) is 17.1. The van der Waals surface area contributed by atoms with Crippen LogP contribution in [0.1, 0.15) is 37.8 Å². The second-order valence-electron chi connectivity index (χ2n) is 7.78. The van der Waals surface area contributed by atoms with E-state index in [4.69, 9.17) is 10.7 Å². The molecule has 0 unspecified atom stereocenters. The summed E-state index contributed by atoms with van der Waals surface area (Å²) >= 11 is 4.05. The number of hydrogen-bond acceptors (Lipinski definition) is 6. The maximum Gasteiger partial charge on any atom is 0.222 e. The van der Waals surface area contributed by atoms with Crippen LogP contribution in [0.5, 0.6) is 0 Å². The van der Waals surface area contributed by atoms with Crippen molar-refractivity contribution in [1.82, 2.24) is 24.8 Å². The normalized spacial score (nSPS) is 13.2. The SMILES string of the molecule is CC(C)C(=O)NCCCn1c(Sc2cc3c(cc2I)CCC3)nc2c(N)ncnc21. The highest BCUT2D eigenvalue weighted by Crippen LogP contribution is 2.37. The minimum atomic E-state index is -0.0142. The van der Waals surface area contributed by atoms with Gasteiger partial charge in [-0.25, -0.2) is 15.0 Å². The molecule has 0 spiro atoms. The molecule has 3 N–H and O–H groups in total. The van der Waals surface area contributed by atoms with Crippen molar-refractivity contribution in [3.05, 3.63) is 33.2 Å². The van der Waals surface area contributed by atoms with Crippen LogP contribution < -0.4 is 11.1 Å². The van der Waals surface area contributed by atoms with Gasteiger partial charge in [-0.3, -0.25) is 4.79 Å². The fourth-order valence-electron chi connectivity index (χ4n) is 3.61. The number of nitrogen functional groups attached to an aromatic ring is 1. The van der Waals surface area contributed by atoms with Gasteiger partial charge in [0, 0.05) is 27.5 Å². The van der Waals surface area contributed by atoms with Crippen molar-refractivity contribution >= 4 is 57.2 Å². The monoisotopic (exact) mass is 536 g/mol. The fraction of sp³-hybridized carbons (Fsp3) is 0.429. The number of hydrogen-bond donors (Lipinski definition) is 2. The molecule has 1 aliphatic rings. The second-order valence-corrected chi connectivity index (χ2v) is 9.95. The largest absolute Gasteiger partial charge is 0.382 e. The maximum absolute atomic E-state index is 11.8. The lowest BCUT2D eigenvalue weighted by atomic mass is 10.1. The molecule has 1 aliphatic carbocycles. The number of carbonyl (C=O) groups is 1. The van der Waals surface area contributed by atoms with Gasteiger partial charge in [-0.15, -0.1) is 0 Å². The summed E-state index contributed by atoms with van der Waals surface area (Å²) in [6.45, 7) is 5.09. The maximum atomic E-state index is 11.8. The smallest absolute Gasteiger partial charge is 0.222 e. The number of rotatable bonds is 7. The second kappa shape index (κ2) is 9.09. The highest BCUT2D eigenvalue weighted by atomic mass is 127. The summed E-state index contributed by atoms with van der Waals surface area (Å²) in [6.07, 6.45) is 5.80. The van der Waals surface area contributed by atoms with Gasteiger partial charge in [0.2, 0.25) is 5.91 Å². The molecular formula is C21H25IN6OS. The summed E-state index contributed by atoms with van der Waals surface area (Å²) in [5.41, 5.74) is 10.3. The van der Waals surface area contributed by atoms with Gasteiger partial charge in [-0.2, -0.15) is 0 Å². The van der Waals surface area contributed by atoms with Crippen LogP contribution in [-0.2, 0) is 24.2 Å². The third-order valence-corrected chi connectivity index (χ3v) is 7.57. The van der Waals surface area contributed by atoms with Crippen molar-refractivity contribution in [3.8, 4) is 0 Å². The Bertz CT molecular complexity index is 1100. The molecule has 7 nitrogen and oxygen atoms in total. The molecule has 2 aromatic heterocycles. The van der Waals surface area contributed by atoms with E-state index in [2.05, 4.69) is 54.6 Å². The van der Waals surface area contributed by atoms with Crippen LogP contribution in [0.3, 0.4) is 0 Å². The first-order valence-corrected chi connectivity index (χ1v) is 12.1. The molecule has 0 bridgehead atoms. The quantitative estimate of drug-likeness (QED) is 0.352.